The van der Waals surface area contributed by atoms with Crippen LogP contribution in [0.2, 0.25) is 0 Å². The first-order valence-corrected chi connectivity index (χ1v) is 5.01. The molecule has 0 aliphatic carbocycles. The lowest BCUT2D eigenvalue weighted by molar-refractivity contribution is 0.861. The van der Waals surface area contributed by atoms with Crippen LogP contribution in [0.1, 0.15) is 5.56 Å². The number of benzene rings is 1. The molecule has 0 aliphatic rings. The lowest BCUT2D eigenvalue weighted by atomic mass is 10.3. The Morgan fingerprint density at radius 2 is 2.00 bits per heavy atom. The third-order valence-electron chi connectivity index (χ3n) is 1.97. The van der Waals surface area contributed by atoms with Crippen molar-refractivity contribution in [3.63, 3.8) is 0 Å². The monoisotopic (exact) mass is 262 g/mol. The summed E-state index contributed by atoms with van der Waals surface area (Å²) in [4.78, 5) is 0. The highest BCUT2D eigenvalue weighted by atomic mass is 79.9. The fourth-order valence-electron chi connectivity index (χ4n) is 1.20. The van der Waals surface area contributed by atoms with E-state index in [1.54, 1.807) is 16.8 Å². The van der Waals surface area contributed by atoms with Crippen molar-refractivity contribution in [3.8, 4) is 11.8 Å². The average Bonchev–Trinajstić information content (AvgIpc) is 2.61. The SMILES string of the molecule is N#Cc1cnn(-c2ccc(N)cc2)c1Br. The summed E-state index contributed by atoms with van der Waals surface area (Å²) in [6.07, 6.45) is 1.51. The van der Waals surface area contributed by atoms with Gasteiger partial charge in [0.2, 0.25) is 0 Å². The minimum atomic E-state index is 0.506. The zero-order valence-electron chi connectivity index (χ0n) is 7.68. The molecule has 0 radical (unpaired) electrons. The highest BCUT2D eigenvalue weighted by molar-refractivity contribution is 9.10. The molecule has 0 unspecified atom stereocenters. The van der Waals surface area contributed by atoms with Crippen LogP contribution in [0, 0.1) is 11.3 Å². The van der Waals surface area contributed by atoms with Gasteiger partial charge in [0.25, 0.3) is 0 Å². The van der Waals surface area contributed by atoms with Gasteiger partial charge in [-0.15, -0.1) is 0 Å². The van der Waals surface area contributed by atoms with Crippen molar-refractivity contribution in [1.82, 2.24) is 9.78 Å². The standard InChI is InChI=1S/C10H7BrN4/c11-10-7(5-12)6-14-15(10)9-3-1-8(13)2-4-9/h1-4,6H,13H2. The van der Waals surface area contributed by atoms with Gasteiger partial charge in [0.15, 0.2) is 0 Å². The van der Waals surface area contributed by atoms with Crippen molar-refractivity contribution in [2.75, 3.05) is 5.73 Å². The molecule has 0 bridgehead atoms. The van der Waals surface area contributed by atoms with Crippen LogP contribution >= 0.6 is 15.9 Å². The molecule has 74 valence electrons. The molecule has 0 spiro atoms. The van der Waals surface area contributed by atoms with E-state index in [0.29, 0.717) is 15.9 Å². The fraction of sp³-hybridized carbons (Fsp3) is 0. The van der Waals surface area contributed by atoms with Crippen molar-refractivity contribution >= 4 is 21.6 Å². The maximum absolute atomic E-state index is 8.77. The van der Waals surface area contributed by atoms with Gasteiger partial charge in [-0.2, -0.15) is 10.4 Å². The highest BCUT2D eigenvalue weighted by Gasteiger charge is 2.08. The number of nitrogen functional groups attached to an aromatic ring is 1. The van der Waals surface area contributed by atoms with Crippen LogP contribution in [-0.4, -0.2) is 9.78 Å². The Morgan fingerprint density at radius 3 is 2.53 bits per heavy atom. The molecule has 0 saturated heterocycles. The van der Waals surface area contributed by atoms with Crippen LogP contribution < -0.4 is 5.73 Å². The van der Waals surface area contributed by atoms with E-state index in [2.05, 4.69) is 21.0 Å². The van der Waals surface area contributed by atoms with Crippen LogP contribution in [-0.2, 0) is 0 Å². The normalized spacial score (nSPS) is 9.87. The molecule has 1 aromatic heterocycles. The number of nitriles is 1. The number of hydrogen-bond acceptors (Lipinski definition) is 3. The van der Waals surface area contributed by atoms with E-state index >= 15 is 0 Å². The second-order valence-electron chi connectivity index (χ2n) is 2.96. The van der Waals surface area contributed by atoms with E-state index in [4.69, 9.17) is 11.0 Å². The molecule has 4 nitrogen and oxygen atoms in total. The van der Waals surface area contributed by atoms with Gasteiger partial charge >= 0.3 is 0 Å². The molecule has 5 heteroatoms. The topological polar surface area (TPSA) is 67.6 Å². The van der Waals surface area contributed by atoms with Gasteiger partial charge < -0.3 is 5.73 Å². The molecule has 0 fully saturated rings. The fourth-order valence-corrected chi connectivity index (χ4v) is 1.69. The van der Waals surface area contributed by atoms with Crippen molar-refractivity contribution in [3.05, 3.63) is 40.6 Å². The molecule has 0 aliphatic heterocycles. The number of hydrogen-bond donors (Lipinski definition) is 1. The Morgan fingerprint density at radius 1 is 1.33 bits per heavy atom. The quantitative estimate of drug-likeness (QED) is 0.801. The van der Waals surface area contributed by atoms with Gasteiger partial charge in [0, 0.05) is 5.69 Å². The Labute approximate surface area is 95.1 Å². The average molecular weight is 263 g/mol. The Balaban J connectivity index is 2.51. The molecule has 15 heavy (non-hydrogen) atoms. The van der Waals surface area contributed by atoms with E-state index < -0.39 is 0 Å². The molecule has 0 saturated carbocycles. The molecule has 1 heterocycles. The van der Waals surface area contributed by atoms with Crippen LogP contribution in [0.4, 0.5) is 5.69 Å². The number of halogens is 1. The van der Waals surface area contributed by atoms with Crippen molar-refractivity contribution < 1.29 is 0 Å². The van der Waals surface area contributed by atoms with Gasteiger partial charge in [-0.3, -0.25) is 0 Å². The number of nitrogens with zero attached hydrogens (tertiary/aromatic N) is 3. The van der Waals surface area contributed by atoms with Crippen LogP contribution in [0.3, 0.4) is 0 Å². The first-order chi connectivity index (χ1) is 7.22. The molecular formula is C10H7BrN4. The summed E-state index contributed by atoms with van der Waals surface area (Å²) in [7, 11) is 0. The largest absolute Gasteiger partial charge is 0.399 e. The number of anilines is 1. The van der Waals surface area contributed by atoms with E-state index in [-0.39, 0.29) is 0 Å². The van der Waals surface area contributed by atoms with E-state index in [1.807, 2.05) is 18.2 Å². The number of aromatic nitrogens is 2. The molecule has 2 N–H and O–H groups in total. The second kappa shape index (κ2) is 3.75. The minimum Gasteiger partial charge on any atom is -0.399 e. The summed E-state index contributed by atoms with van der Waals surface area (Å²) in [5.41, 5.74) is 7.64. The minimum absolute atomic E-state index is 0.506. The maximum Gasteiger partial charge on any atom is 0.127 e. The lowest BCUT2D eigenvalue weighted by Crippen LogP contribution is -1.96. The van der Waals surface area contributed by atoms with E-state index in [9.17, 15) is 0 Å². The summed E-state index contributed by atoms with van der Waals surface area (Å²) in [6, 6.07) is 9.30. The molecule has 2 rings (SSSR count). The zero-order chi connectivity index (χ0) is 10.8. The third kappa shape index (κ3) is 1.72. The number of rotatable bonds is 1. The molecule has 1 aromatic carbocycles. The molecule has 0 atom stereocenters. The summed E-state index contributed by atoms with van der Waals surface area (Å²) in [6.45, 7) is 0. The van der Waals surface area contributed by atoms with Crippen LogP contribution in [0.25, 0.3) is 5.69 Å². The maximum atomic E-state index is 8.77. The third-order valence-corrected chi connectivity index (χ3v) is 2.73. The Bertz CT molecular complexity index is 521. The van der Waals surface area contributed by atoms with Crippen molar-refractivity contribution in [1.29, 1.82) is 5.26 Å². The summed E-state index contributed by atoms with van der Waals surface area (Å²) < 4.78 is 2.28. The summed E-state index contributed by atoms with van der Waals surface area (Å²) in [5.74, 6) is 0. The number of nitrogens with two attached hydrogens (primary N) is 1. The van der Waals surface area contributed by atoms with E-state index in [1.165, 1.54) is 6.20 Å². The predicted octanol–water partition coefficient (Wildman–Crippen LogP) is 2.09. The van der Waals surface area contributed by atoms with E-state index in [0.717, 1.165) is 5.69 Å². The Kier molecular flexibility index (Phi) is 2.44. The second-order valence-corrected chi connectivity index (χ2v) is 3.72. The molecule has 2 aromatic rings. The predicted molar refractivity (Wildman–Crippen MR) is 60.4 cm³/mol. The van der Waals surface area contributed by atoms with Gasteiger partial charge in [-0.05, 0) is 40.2 Å². The van der Waals surface area contributed by atoms with Crippen LogP contribution in [0.15, 0.2) is 35.1 Å². The smallest absolute Gasteiger partial charge is 0.127 e. The van der Waals surface area contributed by atoms with Crippen LogP contribution in [0.5, 0.6) is 0 Å². The Hall–Kier alpha value is -1.80. The molecular weight excluding hydrogens is 256 g/mol. The first-order valence-electron chi connectivity index (χ1n) is 4.22. The summed E-state index contributed by atoms with van der Waals surface area (Å²) in [5, 5.41) is 12.9. The van der Waals surface area contributed by atoms with Gasteiger partial charge in [-0.1, -0.05) is 0 Å². The zero-order valence-corrected chi connectivity index (χ0v) is 9.27. The highest BCUT2D eigenvalue weighted by Crippen LogP contribution is 2.20. The van der Waals surface area contributed by atoms with Gasteiger partial charge in [-0.25, -0.2) is 4.68 Å². The molecule has 0 amide bonds. The summed E-state index contributed by atoms with van der Waals surface area (Å²) >= 11 is 3.31. The first kappa shape index (κ1) is 9.74. The van der Waals surface area contributed by atoms with Gasteiger partial charge in [0.1, 0.15) is 16.2 Å². The van der Waals surface area contributed by atoms with Crippen molar-refractivity contribution in [2.45, 2.75) is 0 Å². The van der Waals surface area contributed by atoms with Crippen molar-refractivity contribution in [2.24, 2.45) is 0 Å². The van der Waals surface area contributed by atoms with Gasteiger partial charge in [0.05, 0.1) is 11.9 Å². The lowest BCUT2D eigenvalue weighted by Gasteiger charge is -2.02.